The van der Waals surface area contributed by atoms with Crippen LogP contribution in [-0.4, -0.2) is 34.9 Å². The van der Waals surface area contributed by atoms with Crippen LogP contribution in [0.4, 0.5) is 0 Å². The fraction of sp³-hybridized carbons (Fsp3) is 0.500. The highest BCUT2D eigenvalue weighted by Gasteiger charge is 2.28. The number of carbonyl (C=O) groups is 1. The fourth-order valence-electron chi connectivity index (χ4n) is 2.28. The van der Waals surface area contributed by atoms with Crippen molar-refractivity contribution >= 4 is 5.91 Å². The highest BCUT2D eigenvalue weighted by atomic mass is 16.2. The van der Waals surface area contributed by atoms with E-state index in [0.29, 0.717) is 12.5 Å². The number of rotatable bonds is 3. The van der Waals surface area contributed by atoms with Gasteiger partial charge in [-0.25, -0.2) is 0 Å². The molecule has 1 aliphatic heterocycles. The van der Waals surface area contributed by atoms with Crippen molar-refractivity contribution < 1.29 is 4.79 Å². The number of amides is 1. The van der Waals surface area contributed by atoms with E-state index in [0.717, 1.165) is 18.7 Å². The van der Waals surface area contributed by atoms with Crippen molar-refractivity contribution in [3.63, 3.8) is 0 Å². The number of aromatic nitrogens is 1. The Bertz CT molecular complexity index is 468. The quantitative estimate of drug-likeness (QED) is 0.875. The van der Waals surface area contributed by atoms with Crippen LogP contribution in [0.3, 0.4) is 0 Å². The second-order valence-corrected chi connectivity index (χ2v) is 5.00. The maximum Gasteiger partial charge on any atom is 0.241 e. The average Bonchev–Trinajstić information content (AvgIpc) is 2.54. The molecule has 1 fully saturated rings. The smallest absolute Gasteiger partial charge is 0.241 e. The van der Waals surface area contributed by atoms with Gasteiger partial charge in [0.05, 0.1) is 18.5 Å². The normalized spacial score (nSPS) is 23.8. The third-order valence-corrected chi connectivity index (χ3v) is 3.27. The van der Waals surface area contributed by atoms with Gasteiger partial charge in [-0.3, -0.25) is 9.78 Å². The first kappa shape index (κ1) is 13.5. The molecular weight excluding hydrogens is 240 g/mol. The zero-order valence-electron chi connectivity index (χ0n) is 11.0. The van der Waals surface area contributed by atoms with E-state index in [2.05, 4.69) is 23.3 Å². The largest absolute Gasteiger partial charge is 0.337 e. The lowest BCUT2D eigenvalue weighted by molar-refractivity contribution is -0.133. The molecule has 1 aliphatic rings. The third-order valence-electron chi connectivity index (χ3n) is 3.27. The van der Waals surface area contributed by atoms with Gasteiger partial charge < -0.3 is 10.2 Å². The molecule has 5 heteroatoms. The van der Waals surface area contributed by atoms with Crippen molar-refractivity contribution in [2.24, 2.45) is 5.92 Å². The van der Waals surface area contributed by atoms with Crippen molar-refractivity contribution in [3.05, 3.63) is 30.1 Å². The van der Waals surface area contributed by atoms with Gasteiger partial charge >= 0.3 is 0 Å². The Morgan fingerprint density at radius 2 is 2.26 bits per heavy atom. The molecule has 1 aromatic rings. The number of nitrogens with one attached hydrogen (secondary N) is 1. The highest BCUT2D eigenvalue weighted by Crippen LogP contribution is 2.13. The first-order chi connectivity index (χ1) is 9.20. The highest BCUT2D eigenvalue weighted by molar-refractivity contribution is 5.82. The summed E-state index contributed by atoms with van der Waals surface area (Å²) in [4.78, 5) is 18.2. The lowest BCUT2D eigenvalue weighted by Crippen LogP contribution is -2.43. The Hall–Kier alpha value is -1.93. The molecule has 0 aliphatic carbocycles. The molecule has 1 amide bonds. The number of nitriles is 1. The Balaban J connectivity index is 2.12. The van der Waals surface area contributed by atoms with E-state index in [1.165, 1.54) is 0 Å². The molecule has 100 valence electrons. The monoisotopic (exact) mass is 258 g/mol. The van der Waals surface area contributed by atoms with Gasteiger partial charge in [0.25, 0.3) is 0 Å². The number of hydrogen-bond donors (Lipinski definition) is 1. The van der Waals surface area contributed by atoms with Gasteiger partial charge in [-0.05, 0) is 23.6 Å². The van der Waals surface area contributed by atoms with Crippen LogP contribution in [0.15, 0.2) is 24.5 Å². The average molecular weight is 258 g/mol. The van der Waals surface area contributed by atoms with E-state index in [1.54, 1.807) is 12.4 Å². The van der Waals surface area contributed by atoms with Gasteiger partial charge in [-0.1, -0.05) is 6.92 Å². The summed E-state index contributed by atoms with van der Waals surface area (Å²) in [5, 5.41) is 12.0. The summed E-state index contributed by atoms with van der Waals surface area (Å²) in [6.45, 7) is 4.17. The Kier molecular flexibility index (Phi) is 4.48. The minimum absolute atomic E-state index is 0.0164. The molecule has 2 heterocycles. The summed E-state index contributed by atoms with van der Waals surface area (Å²) in [6, 6.07) is 5.52. The van der Waals surface area contributed by atoms with Crippen LogP contribution in [0.25, 0.3) is 0 Å². The molecule has 2 rings (SSSR count). The molecule has 5 nitrogen and oxygen atoms in total. The van der Waals surface area contributed by atoms with Crippen LogP contribution in [0, 0.1) is 17.2 Å². The first-order valence-electron chi connectivity index (χ1n) is 6.48. The topological polar surface area (TPSA) is 69.0 Å². The summed E-state index contributed by atoms with van der Waals surface area (Å²) in [5.41, 5.74) is 1.06. The zero-order valence-corrected chi connectivity index (χ0v) is 11.0. The van der Waals surface area contributed by atoms with E-state index in [4.69, 9.17) is 5.26 Å². The van der Waals surface area contributed by atoms with Crippen molar-refractivity contribution in [2.75, 3.05) is 13.1 Å². The molecule has 0 aromatic carbocycles. The summed E-state index contributed by atoms with van der Waals surface area (Å²) in [5.74, 6) is 0.400. The molecule has 0 spiro atoms. The Morgan fingerprint density at radius 1 is 1.53 bits per heavy atom. The predicted octanol–water partition coefficient (Wildman–Crippen LogP) is 0.932. The number of nitrogens with zero attached hydrogens (tertiary/aromatic N) is 3. The summed E-state index contributed by atoms with van der Waals surface area (Å²) in [7, 11) is 0. The van der Waals surface area contributed by atoms with Crippen LogP contribution in [0.2, 0.25) is 0 Å². The van der Waals surface area contributed by atoms with Crippen molar-refractivity contribution in [1.29, 1.82) is 5.26 Å². The Labute approximate surface area is 113 Å². The second-order valence-electron chi connectivity index (χ2n) is 5.00. The maximum atomic E-state index is 12.4. The van der Waals surface area contributed by atoms with Crippen LogP contribution in [0.1, 0.15) is 18.9 Å². The molecule has 0 bridgehead atoms. The lowest BCUT2D eigenvalue weighted by atomic mass is 10.1. The van der Waals surface area contributed by atoms with E-state index >= 15 is 0 Å². The van der Waals surface area contributed by atoms with Gasteiger partial charge in [0.1, 0.15) is 0 Å². The van der Waals surface area contributed by atoms with Gasteiger partial charge in [0.15, 0.2) is 0 Å². The summed E-state index contributed by atoms with van der Waals surface area (Å²) < 4.78 is 0. The minimum atomic E-state index is -0.378. The van der Waals surface area contributed by atoms with Crippen molar-refractivity contribution in [1.82, 2.24) is 15.2 Å². The third kappa shape index (κ3) is 3.52. The number of carbonyl (C=O) groups excluding carboxylic acids is 1. The van der Waals surface area contributed by atoms with Crippen molar-refractivity contribution in [3.8, 4) is 6.07 Å². The SMILES string of the molecule is CC1CNC(CC#N)C(=O)N(Cc2ccncc2)C1. The van der Waals surface area contributed by atoms with E-state index in [9.17, 15) is 4.79 Å². The standard InChI is InChI=1S/C14H18N4O/c1-11-8-17-13(2-5-15)14(19)18(9-11)10-12-3-6-16-7-4-12/h3-4,6-7,11,13,17H,2,8-10H2,1H3. The molecule has 1 saturated heterocycles. The first-order valence-corrected chi connectivity index (χ1v) is 6.48. The van der Waals surface area contributed by atoms with Gasteiger partial charge in [0, 0.05) is 32.0 Å². The lowest BCUT2D eigenvalue weighted by Gasteiger charge is -2.24. The van der Waals surface area contributed by atoms with Crippen LogP contribution < -0.4 is 5.32 Å². The minimum Gasteiger partial charge on any atom is -0.337 e. The molecule has 1 N–H and O–H groups in total. The molecule has 2 unspecified atom stereocenters. The fourth-order valence-corrected chi connectivity index (χ4v) is 2.28. The van der Waals surface area contributed by atoms with E-state index in [-0.39, 0.29) is 18.4 Å². The van der Waals surface area contributed by atoms with Gasteiger partial charge in [-0.15, -0.1) is 0 Å². The molecule has 19 heavy (non-hydrogen) atoms. The summed E-state index contributed by atoms with van der Waals surface area (Å²) >= 11 is 0. The molecular formula is C14H18N4O. The van der Waals surface area contributed by atoms with Crippen molar-refractivity contribution in [2.45, 2.75) is 25.9 Å². The predicted molar refractivity (Wildman–Crippen MR) is 70.8 cm³/mol. The van der Waals surface area contributed by atoms with Crippen LogP contribution >= 0.6 is 0 Å². The Morgan fingerprint density at radius 3 is 2.95 bits per heavy atom. The summed E-state index contributed by atoms with van der Waals surface area (Å²) in [6.07, 6.45) is 3.68. The molecule has 2 atom stereocenters. The zero-order chi connectivity index (χ0) is 13.7. The maximum absolute atomic E-state index is 12.4. The molecule has 1 aromatic heterocycles. The number of pyridine rings is 1. The number of hydrogen-bond acceptors (Lipinski definition) is 4. The van der Waals surface area contributed by atoms with Crippen LogP contribution in [-0.2, 0) is 11.3 Å². The van der Waals surface area contributed by atoms with E-state index < -0.39 is 0 Å². The van der Waals surface area contributed by atoms with Crippen LogP contribution in [0.5, 0.6) is 0 Å². The molecule has 0 saturated carbocycles. The van der Waals surface area contributed by atoms with E-state index in [1.807, 2.05) is 17.0 Å². The van der Waals surface area contributed by atoms with Gasteiger partial charge in [-0.2, -0.15) is 5.26 Å². The van der Waals surface area contributed by atoms with Gasteiger partial charge in [0.2, 0.25) is 5.91 Å². The second kappa shape index (κ2) is 6.30. The molecule has 0 radical (unpaired) electrons.